The number of rotatable bonds is 17. The number of amides is 3. The van der Waals surface area contributed by atoms with E-state index in [1.807, 2.05) is 51.1 Å². The Morgan fingerprint density at radius 3 is 2.05 bits per heavy atom. The third-order valence-corrected chi connectivity index (χ3v) is 6.33. The highest BCUT2D eigenvalue weighted by Crippen LogP contribution is 2.11. The first-order chi connectivity index (χ1) is 18.3. The van der Waals surface area contributed by atoms with Gasteiger partial charge in [0.25, 0.3) is 0 Å². The highest BCUT2D eigenvalue weighted by molar-refractivity contribution is 5.94. The lowest BCUT2D eigenvalue weighted by Gasteiger charge is -2.27. The van der Waals surface area contributed by atoms with E-state index < -0.39 is 47.9 Å². The molecule has 39 heavy (non-hydrogen) atoms. The molecule has 12 nitrogen and oxygen atoms in total. The Labute approximate surface area is 230 Å². The second kappa shape index (κ2) is 17.0. The van der Waals surface area contributed by atoms with E-state index in [1.165, 1.54) is 0 Å². The van der Waals surface area contributed by atoms with Crippen LogP contribution in [0.1, 0.15) is 58.9 Å². The summed E-state index contributed by atoms with van der Waals surface area (Å²) in [5.41, 5.74) is 17.7. The molecule has 1 aromatic rings. The third kappa shape index (κ3) is 12.6. The normalized spacial score (nSPS) is 14.8. The van der Waals surface area contributed by atoms with E-state index in [-0.39, 0.29) is 30.8 Å². The average Bonchev–Trinajstić information content (AvgIpc) is 2.87. The summed E-state index contributed by atoms with van der Waals surface area (Å²) in [5, 5.41) is 17.6. The molecule has 3 amide bonds. The number of nitrogens with two attached hydrogens (primary N) is 3. The summed E-state index contributed by atoms with van der Waals surface area (Å²) in [4.78, 5) is 55.0. The molecule has 12 heteroatoms. The fourth-order valence-corrected chi connectivity index (χ4v) is 3.92. The molecule has 0 aliphatic rings. The van der Waals surface area contributed by atoms with Crippen LogP contribution in [0.5, 0.6) is 0 Å². The third-order valence-electron chi connectivity index (χ3n) is 6.33. The summed E-state index contributed by atoms with van der Waals surface area (Å²) in [6, 6.07) is 5.28. The number of benzene rings is 1. The predicted molar refractivity (Wildman–Crippen MR) is 150 cm³/mol. The summed E-state index contributed by atoms with van der Waals surface area (Å²) in [5.74, 6) is -3.26. The maximum Gasteiger partial charge on any atom is 0.326 e. The number of carboxylic acid groups (broad SMARTS) is 1. The van der Waals surface area contributed by atoms with Crippen LogP contribution < -0.4 is 33.2 Å². The number of carbonyl (C=O) groups excluding carboxylic acids is 3. The summed E-state index contributed by atoms with van der Waals surface area (Å²) >= 11 is 0. The first-order valence-corrected chi connectivity index (χ1v) is 13.3. The number of nitrogens with one attached hydrogen (secondary N) is 3. The van der Waals surface area contributed by atoms with Gasteiger partial charge in [0.1, 0.15) is 18.1 Å². The van der Waals surface area contributed by atoms with Crippen molar-refractivity contribution in [3.05, 3.63) is 35.9 Å². The van der Waals surface area contributed by atoms with Crippen molar-refractivity contribution in [3.8, 4) is 0 Å². The molecule has 0 fully saturated rings. The second-order valence-electron chi connectivity index (χ2n) is 10.2. The van der Waals surface area contributed by atoms with Crippen LogP contribution >= 0.6 is 0 Å². The molecule has 1 aromatic carbocycles. The van der Waals surface area contributed by atoms with Crippen molar-refractivity contribution in [2.45, 2.75) is 84.0 Å². The number of aliphatic imine (C=N–C) groups is 1. The van der Waals surface area contributed by atoms with Gasteiger partial charge in [0.2, 0.25) is 17.7 Å². The molecule has 0 radical (unpaired) electrons. The van der Waals surface area contributed by atoms with Crippen LogP contribution in [-0.2, 0) is 25.6 Å². The molecule has 0 aliphatic carbocycles. The van der Waals surface area contributed by atoms with Gasteiger partial charge in [-0.1, -0.05) is 64.4 Å². The number of carboxylic acids is 1. The Bertz CT molecular complexity index is 967. The van der Waals surface area contributed by atoms with E-state index in [4.69, 9.17) is 17.2 Å². The minimum absolute atomic E-state index is 0.0438. The van der Waals surface area contributed by atoms with Crippen molar-refractivity contribution in [2.24, 2.45) is 34.0 Å². The molecular formula is C27H45N7O5. The summed E-state index contributed by atoms with van der Waals surface area (Å²) in [6.07, 6.45) is 1.63. The molecule has 5 atom stereocenters. The number of hydrogen-bond donors (Lipinski definition) is 7. The van der Waals surface area contributed by atoms with Crippen molar-refractivity contribution in [2.75, 3.05) is 6.54 Å². The fourth-order valence-electron chi connectivity index (χ4n) is 3.92. The molecule has 0 saturated heterocycles. The van der Waals surface area contributed by atoms with E-state index in [0.717, 1.165) is 5.56 Å². The molecule has 1 rings (SSSR count). The molecule has 0 saturated carbocycles. The first-order valence-electron chi connectivity index (χ1n) is 13.3. The summed E-state index contributed by atoms with van der Waals surface area (Å²) < 4.78 is 0. The molecule has 0 heterocycles. The van der Waals surface area contributed by atoms with Gasteiger partial charge >= 0.3 is 5.97 Å². The van der Waals surface area contributed by atoms with E-state index in [2.05, 4.69) is 20.9 Å². The van der Waals surface area contributed by atoms with E-state index >= 15 is 0 Å². The van der Waals surface area contributed by atoms with E-state index in [1.54, 1.807) is 6.92 Å². The first kappa shape index (κ1) is 33.4. The molecule has 0 spiro atoms. The molecule has 5 unspecified atom stereocenters. The SMILES string of the molecule is CCC(C)C(NC(=O)C(CCCN=C(N)N)NC(=O)C(CC(C)C)NC(=O)C(N)Cc1ccccc1)C(=O)O. The van der Waals surface area contributed by atoms with E-state index in [9.17, 15) is 24.3 Å². The van der Waals surface area contributed by atoms with Crippen LogP contribution in [-0.4, -0.2) is 65.5 Å². The van der Waals surface area contributed by atoms with Crippen molar-refractivity contribution in [3.63, 3.8) is 0 Å². The zero-order chi connectivity index (χ0) is 29.5. The zero-order valence-corrected chi connectivity index (χ0v) is 23.4. The molecule has 0 aromatic heterocycles. The molecule has 0 bridgehead atoms. The number of nitrogens with zero attached hydrogens (tertiary/aromatic N) is 1. The van der Waals surface area contributed by atoms with Crippen molar-refractivity contribution in [1.29, 1.82) is 0 Å². The fraction of sp³-hybridized carbons (Fsp3) is 0.593. The Kier molecular flexibility index (Phi) is 14.6. The van der Waals surface area contributed by atoms with Gasteiger partial charge in [-0.3, -0.25) is 19.4 Å². The van der Waals surface area contributed by atoms with Gasteiger partial charge in [-0.15, -0.1) is 0 Å². The predicted octanol–water partition coefficient (Wildman–Crippen LogP) is 0.241. The van der Waals surface area contributed by atoms with Crippen LogP contribution in [0.2, 0.25) is 0 Å². The second-order valence-corrected chi connectivity index (χ2v) is 10.2. The van der Waals surface area contributed by atoms with Gasteiger partial charge in [-0.2, -0.15) is 0 Å². The Balaban J connectivity index is 3.04. The maximum atomic E-state index is 13.3. The Hall–Kier alpha value is -3.67. The van der Waals surface area contributed by atoms with Crippen LogP contribution in [0.25, 0.3) is 0 Å². The average molecular weight is 548 g/mol. The van der Waals surface area contributed by atoms with Gasteiger partial charge in [0.15, 0.2) is 5.96 Å². The van der Waals surface area contributed by atoms with Gasteiger partial charge in [-0.25, -0.2) is 4.79 Å². The van der Waals surface area contributed by atoms with Gasteiger partial charge in [0, 0.05) is 6.54 Å². The zero-order valence-electron chi connectivity index (χ0n) is 23.4. The van der Waals surface area contributed by atoms with Crippen LogP contribution in [0.3, 0.4) is 0 Å². The Morgan fingerprint density at radius 2 is 1.51 bits per heavy atom. The monoisotopic (exact) mass is 547 g/mol. The summed E-state index contributed by atoms with van der Waals surface area (Å²) in [7, 11) is 0. The molecule has 218 valence electrons. The standard InChI is InChI=1S/C27H45N7O5/c1-5-17(4)22(26(38)39)34-24(36)20(12-9-13-31-27(29)30)32-25(37)21(14-16(2)3)33-23(35)19(28)15-18-10-7-6-8-11-18/h6-8,10-11,16-17,19-22H,5,9,12-15,28H2,1-4H3,(H,32,37)(H,33,35)(H,34,36)(H,38,39)(H4,29,30,31). The Morgan fingerprint density at radius 1 is 0.923 bits per heavy atom. The highest BCUT2D eigenvalue weighted by atomic mass is 16.4. The number of hydrogen-bond acceptors (Lipinski definition) is 6. The van der Waals surface area contributed by atoms with Gasteiger partial charge < -0.3 is 38.3 Å². The topological polar surface area (TPSA) is 215 Å². The molecular weight excluding hydrogens is 502 g/mol. The van der Waals surface area contributed by atoms with Gasteiger partial charge in [0.05, 0.1) is 6.04 Å². The smallest absolute Gasteiger partial charge is 0.326 e. The molecule has 10 N–H and O–H groups in total. The van der Waals surface area contributed by atoms with Crippen LogP contribution in [0.15, 0.2) is 35.3 Å². The number of guanidine groups is 1. The van der Waals surface area contributed by atoms with Gasteiger partial charge in [-0.05, 0) is 43.1 Å². The largest absolute Gasteiger partial charge is 0.480 e. The minimum Gasteiger partial charge on any atom is -0.480 e. The quantitative estimate of drug-likeness (QED) is 0.0812. The maximum absolute atomic E-state index is 13.3. The lowest BCUT2D eigenvalue weighted by Crippen LogP contribution is -2.58. The van der Waals surface area contributed by atoms with Crippen molar-refractivity contribution >= 4 is 29.7 Å². The summed E-state index contributed by atoms with van der Waals surface area (Å²) in [6.45, 7) is 7.57. The highest BCUT2D eigenvalue weighted by Gasteiger charge is 2.32. The van der Waals surface area contributed by atoms with Crippen molar-refractivity contribution < 1.29 is 24.3 Å². The lowest BCUT2D eigenvalue weighted by atomic mass is 9.98. The van der Waals surface area contributed by atoms with Crippen LogP contribution in [0, 0.1) is 11.8 Å². The number of carbonyl (C=O) groups is 4. The van der Waals surface area contributed by atoms with E-state index in [0.29, 0.717) is 25.7 Å². The lowest BCUT2D eigenvalue weighted by molar-refractivity contribution is -0.144. The molecule has 0 aliphatic heterocycles. The van der Waals surface area contributed by atoms with Crippen LogP contribution in [0.4, 0.5) is 0 Å². The number of aliphatic carboxylic acids is 1. The van der Waals surface area contributed by atoms with Crippen molar-refractivity contribution in [1.82, 2.24) is 16.0 Å². The minimum atomic E-state index is -1.17.